The fraction of sp³-hybridized carbons (Fsp3) is 0.938. The lowest BCUT2D eigenvalue weighted by atomic mass is 10.0. The zero-order chi connectivity index (χ0) is 16.3. The molecular weight excluding hydrogens is 391 g/mol. The summed E-state index contributed by atoms with van der Waals surface area (Å²) in [5, 5.41) is 6.80. The first-order valence-corrected chi connectivity index (χ1v) is 8.18. The Morgan fingerprint density at radius 3 is 2.18 bits per heavy atom. The maximum absolute atomic E-state index is 5.15. The predicted octanol–water partition coefficient (Wildman–Crippen LogP) is 2.56. The molecule has 0 aromatic rings. The van der Waals surface area contributed by atoms with Gasteiger partial charge in [-0.15, -0.1) is 24.0 Å². The zero-order valence-electron chi connectivity index (χ0n) is 15.5. The second kappa shape index (κ2) is 14.5. The molecule has 0 amide bonds. The van der Waals surface area contributed by atoms with Gasteiger partial charge in [0.15, 0.2) is 5.96 Å². The SMILES string of the molecule is CCN(CC)C(CNC(=NC)NC(C)COC)CC(C)C.I. The third-order valence-electron chi connectivity index (χ3n) is 3.60. The molecule has 2 unspecified atom stereocenters. The third kappa shape index (κ3) is 10.6. The first kappa shape index (κ1) is 24.2. The second-order valence-electron chi connectivity index (χ2n) is 5.96. The minimum atomic E-state index is 0. The molecule has 2 atom stereocenters. The highest BCUT2D eigenvalue weighted by Crippen LogP contribution is 2.10. The zero-order valence-corrected chi connectivity index (χ0v) is 17.8. The van der Waals surface area contributed by atoms with Gasteiger partial charge in [-0.3, -0.25) is 9.89 Å². The standard InChI is InChI=1S/C16H36N4O.HI/c1-8-20(9-2)15(10-13(3)4)11-18-16(17-6)19-14(5)12-21-7;/h13-15H,8-12H2,1-7H3,(H2,17,18,19);1H. The summed E-state index contributed by atoms with van der Waals surface area (Å²) in [6.07, 6.45) is 1.19. The van der Waals surface area contributed by atoms with Crippen molar-refractivity contribution >= 4 is 29.9 Å². The number of rotatable bonds is 10. The van der Waals surface area contributed by atoms with Crippen molar-refractivity contribution in [2.45, 2.75) is 53.1 Å². The van der Waals surface area contributed by atoms with Crippen LogP contribution in [0.4, 0.5) is 0 Å². The van der Waals surface area contributed by atoms with Crippen molar-refractivity contribution in [3.05, 3.63) is 0 Å². The molecule has 0 radical (unpaired) electrons. The van der Waals surface area contributed by atoms with E-state index in [-0.39, 0.29) is 30.0 Å². The van der Waals surface area contributed by atoms with Crippen molar-refractivity contribution < 1.29 is 4.74 Å². The summed E-state index contributed by atoms with van der Waals surface area (Å²) < 4.78 is 5.15. The van der Waals surface area contributed by atoms with Gasteiger partial charge in [0.25, 0.3) is 0 Å². The van der Waals surface area contributed by atoms with Crippen LogP contribution in [0.2, 0.25) is 0 Å². The van der Waals surface area contributed by atoms with E-state index >= 15 is 0 Å². The molecule has 2 N–H and O–H groups in total. The van der Waals surface area contributed by atoms with Crippen LogP contribution in [-0.2, 0) is 4.74 Å². The molecule has 0 heterocycles. The van der Waals surface area contributed by atoms with E-state index in [2.05, 4.69) is 55.1 Å². The van der Waals surface area contributed by atoms with Crippen LogP contribution in [0.3, 0.4) is 0 Å². The van der Waals surface area contributed by atoms with E-state index in [1.807, 2.05) is 7.05 Å². The van der Waals surface area contributed by atoms with Crippen LogP contribution in [0.15, 0.2) is 4.99 Å². The highest BCUT2D eigenvalue weighted by Gasteiger charge is 2.17. The van der Waals surface area contributed by atoms with Crippen molar-refractivity contribution in [2.75, 3.05) is 40.4 Å². The van der Waals surface area contributed by atoms with Crippen LogP contribution in [0.25, 0.3) is 0 Å². The summed E-state index contributed by atoms with van der Waals surface area (Å²) in [5.41, 5.74) is 0. The minimum absolute atomic E-state index is 0. The highest BCUT2D eigenvalue weighted by atomic mass is 127. The number of nitrogens with zero attached hydrogens (tertiary/aromatic N) is 2. The molecule has 134 valence electrons. The summed E-state index contributed by atoms with van der Waals surface area (Å²) in [6, 6.07) is 0.787. The molecular formula is C16H37IN4O. The number of methoxy groups -OCH3 is 1. The van der Waals surface area contributed by atoms with Gasteiger partial charge in [0.1, 0.15) is 0 Å². The van der Waals surface area contributed by atoms with E-state index in [1.54, 1.807) is 7.11 Å². The molecule has 0 aliphatic heterocycles. The molecule has 0 aliphatic carbocycles. The average Bonchev–Trinajstić information content (AvgIpc) is 2.43. The molecule has 0 saturated heterocycles. The fourth-order valence-electron chi connectivity index (χ4n) is 2.58. The van der Waals surface area contributed by atoms with Crippen LogP contribution in [0.1, 0.15) is 41.0 Å². The lowest BCUT2D eigenvalue weighted by Crippen LogP contribution is -2.50. The largest absolute Gasteiger partial charge is 0.383 e. The number of hydrogen-bond acceptors (Lipinski definition) is 3. The van der Waals surface area contributed by atoms with Crippen molar-refractivity contribution in [1.29, 1.82) is 0 Å². The molecule has 5 nitrogen and oxygen atoms in total. The monoisotopic (exact) mass is 428 g/mol. The second-order valence-corrected chi connectivity index (χ2v) is 5.96. The first-order valence-electron chi connectivity index (χ1n) is 8.18. The summed E-state index contributed by atoms with van der Waals surface area (Å²) >= 11 is 0. The van der Waals surface area contributed by atoms with Gasteiger partial charge in [0.2, 0.25) is 0 Å². The molecule has 0 bridgehead atoms. The van der Waals surface area contributed by atoms with E-state index in [1.165, 1.54) is 6.42 Å². The Hall–Kier alpha value is -0.0800. The summed E-state index contributed by atoms with van der Waals surface area (Å²) in [4.78, 5) is 6.81. The molecule has 0 aliphatic rings. The Bertz CT molecular complexity index is 283. The molecule has 0 saturated carbocycles. The predicted molar refractivity (Wildman–Crippen MR) is 107 cm³/mol. The molecule has 0 rings (SSSR count). The Morgan fingerprint density at radius 1 is 1.18 bits per heavy atom. The van der Waals surface area contributed by atoms with E-state index < -0.39 is 0 Å². The molecule has 0 aromatic carbocycles. The number of likely N-dealkylation sites (N-methyl/N-ethyl adjacent to an activating group) is 1. The van der Waals surface area contributed by atoms with Crippen LogP contribution < -0.4 is 10.6 Å². The van der Waals surface area contributed by atoms with Gasteiger partial charge in [-0.2, -0.15) is 0 Å². The normalized spacial score (nSPS) is 14.7. The first-order chi connectivity index (χ1) is 9.98. The van der Waals surface area contributed by atoms with Crippen LogP contribution in [0.5, 0.6) is 0 Å². The van der Waals surface area contributed by atoms with Gasteiger partial charge in [-0.25, -0.2) is 0 Å². The lowest BCUT2D eigenvalue weighted by Gasteiger charge is -2.32. The van der Waals surface area contributed by atoms with Crippen molar-refractivity contribution in [2.24, 2.45) is 10.9 Å². The van der Waals surface area contributed by atoms with Crippen molar-refractivity contribution in [1.82, 2.24) is 15.5 Å². The maximum atomic E-state index is 5.15. The average molecular weight is 428 g/mol. The number of halogens is 1. The summed E-state index contributed by atoms with van der Waals surface area (Å²) in [6.45, 7) is 14.9. The van der Waals surface area contributed by atoms with Crippen LogP contribution in [-0.4, -0.2) is 63.3 Å². The highest BCUT2D eigenvalue weighted by molar-refractivity contribution is 14.0. The Kier molecular flexibility index (Phi) is 15.9. The summed E-state index contributed by atoms with van der Waals surface area (Å²) in [5.74, 6) is 1.54. The number of guanidine groups is 1. The smallest absolute Gasteiger partial charge is 0.191 e. The minimum Gasteiger partial charge on any atom is -0.383 e. The summed E-state index contributed by atoms with van der Waals surface area (Å²) in [7, 11) is 3.52. The van der Waals surface area contributed by atoms with Gasteiger partial charge >= 0.3 is 0 Å². The van der Waals surface area contributed by atoms with Crippen LogP contribution >= 0.6 is 24.0 Å². The van der Waals surface area contributed by atoms with E-state index in [0.29, 0.717) is 18.6 Å². The number of hydrogen-bond donors (Lipinski definition) is 2. The van der Waals surface area contributed by atoms with Gasteiger partial charge < -0.3 is 15.4 Å². The van der Waals surface area contributed by atoms with Crippen LogP contribution in [0, 0.1) is 5.92 Å². The molecule has 6 heteroatoms. The fourth-order valence-corrected chi connectivity index (χ4v) is 2.58. The molecule has 0 spiro atoms. The van der Waals surface area contributed by atoms with E-state index in [0.717, 1.165) is 25.6 Å². The van der Waals surface area contributed by atoms with Gasteiger partial charge in [0.05, 0.1) is 6.61 Å². The maximum Gasteiger partial charge on any atom is 0.191 e. The van der Waals surface area contributed by atoms with Gasteiger partial charge in [-0.05, 0) is 32.4 Å². The van der Waals surface area contributed by atoms with Crippen molar-refractivity contribution in [3.63, 3.8) is 0 Å². The molecule has 22 heavy (non-hydrogen) atoms. The number of aliphatic imine (C=N–C) groups is 1. The Balaban J connectivity index is 0. The number of nitrogens with one attached hydrogen (secondary N) is 2. The molecule has 0 fully saturated rings. The molecule has 0 aromatic heterocycles. The van der Waals surface area contributed by atoms with Crippen molar-refractivity contribution in [3.8, 4) is 0 Å². The van der Waals surface area contributed by atoms with Gasteiger partial charge in [-0.1, -0.05) is 27.7 Å². The Labute approximate surface area is 154 Å². The quantitative estimate of drug-likeness (QED) is 0.319. The third-order valence-corrected chi connectivity index (χ3v) is 3.60. The number of ether oxygens (including phenoxy) is 1. The lowest BCUT2D eigenvalue weighted by molar-refractivity contribution is 0.177. The van der Waals surface area contributed by atoms with E-state index in [4.69, 9.17) is 4.74 Å². The van der Waals surface area contributed by atoms with E-state index in [9.17, 15) is 0 Å². The Morgan fingerprint density at radius 2 is 1.77 bits per heavy atom. The van der Waals surface area contributed by atoms with Gasteiger partial charge in [0, 0.05) is 32.8 Å². The topological polar surface area (TPSA) is 48.9 Å².